The third-order valence-electron chi connectivity index (χ3n) is 4.07. The zero-order valence-electron chi connectivity index (χ0n) is 13.3. The van der Waals surface area contributed by atoms with Gasteiger partial charge in [-0.05, 0) is 0 Å². The molecule has 0 aliphatic carbocycles. The second-order valence-corrected chi connectivity index (χ2v) is 5.56. The van der Waals surface area contributed by atoms with Crippen molar-refractivity contribution >= 4 is 0 Å². The molecule has 2 rings (SSSR count). The van der Waals surface area contributed by atoms with Crippen molar-refractivity contribution in [3.05, 3.63) is 0 Å². The van der Waals surface area contributed by atoms with Gasteiger partial charge < -0.3 is 60.5 Å². The van der Waals surface area contributed by atoms with E-state index in [0.29, 0.717) is 0 Å². The van der Waals surface area contributed by atoms with Crippen LogP contribution in [-0.4, -0.2) is 125 Å². The predicted molar refractivity (Wildman–Crippen MR) is 74.5 cm³/mol. The molecule has 2 aliphatic rings. The molecular weight excluding hydrogens is 408 g/mol. The van der Waals surface area contributed by atoms with Gasteiger partial charge in [0, 0.05) is 0 Å². The minimum atomic E-state index is -2.22. The summed E-state index contributed by atoms with van der Waals surface area (Å²) >= 11 is 2.25. The van der Waals surface area contributed by atoms with Crippen molar-refractivity contribution in [3.63, 3.8) is 0 Å². The van der Waals surface area contributed by atoms with Crippen LogP contribution in [0.15, 0.2) is 0 Å². The third kappa shape index (κ3) is 4.88. The standard InChI is InChI=1S/C12H22O11.Fe.2H2O/c13-1-4-6(16)8(18)9(19)11(21-4)23-12(3-15)10(20)7(17)5(2-14)22-12;;;/h4-11,13-20H,1-3H2;;2*1H2/q;+1;;/p-1/t4-,5-,6-,7-,8+,9-,10+,11-,12+;;;/m1.../s1. The van der Waals surface area contributed by atoms with Crippen LogP contribution in [-0.2, 0) is 30.6 Å². The first-order valence-electron chi connectivity index (χ1n) is 7.21. The Morgan fingerprint density at radius 3 is 1.77 bits per heavy atom. The first-order chi connectivity index (χ1) is 11.8. The zero-order chi connectivity index (χ0) is 19.4. The SMILES string of the molecule is O.OC[C@H]1O[C@@](CO)(O[C@H]2O[C@H](CO)[C@@H](O)[C@H](O)[C@H]2O)[C@@H](O)[C@@H]1O.[OH][Fe]. The third-order valence-corrected chi connectivity index (χ3v) is 4.07. The topological polar surface area (TPSA) is 241 Å². The summed E-state index contributed by atoms with van der Waals surface area (Å²) in [6.45, 7) is -2.32. The van der Waals surface area contributed by atoms with Gasteiger partial charge in [-0.1, -0.05) is 0 Å². The van der Waals surface area contributed by atoms with E-state index in [-0.39, 0.29) is 5.48 Å². The predicted octanol–water partition coefficient (Wildman–Crippen LogP) is -6.78. The van der Waals surface area contributed by atoms with Gasteiger partial charge in [-0.3, -0.25) is 0 Å². The normalized spacial score (nSPS) is 45.5. The Morgan fingerprint density at radius 1 is 0.808 bits per heavy atom. The number of hydrogen-bond acceptors (Lipinski definition) is 12. The number of aliphatic hydroxyl groups is 8. The van der Waals surface area contributed by atoms with Crippen LogP contribution in [0.4, 0.5) is 0 Å². The second kappa shape index (κ2) is 11.1. The molecule has 0 unspecified atom stereocenters. The fraction of sp³-hybridized carbons (Fsp3) is 1.00. The Bertz CT molecular complexity index is 401. The zero-order valence-corrected chi connectivity index (χ0v) is 14.4. The Balaban J connectivity index is 0.00000201. The summed E-state index contributed by atoms with van der Waals surface area (Å²) in [5.74, 6) is -2.22. The first kappa shape index (κ1) is 26.0. The van der Waals surface area contributed by atoms with Gasteiger partial charge in [0.15, 0.2) is 6.29 Å². The average Bonchev–Trinajstić information content (AvgIpc) is 2.88. The summed E-state index contributed by atoms with van der Waals surface area (Å²) in [4.78, 5) is 0. The molecule has 0 aromatic rings. The van der Waals surface area contributed by atoms with Crippen LogP contribution in [0.25, 0.3) is 0 Å². The van der Waals surface area contributed by atoms with Gasteiger partial charge in [0.1, 0.15) is 49.3 Å². The van der Waals surface area contributed by atoms with Gasteiger partial charge in [0.05, 0.1) is 13.2 Å². The van der Waals surface area contributed by atoms with Crippen molar-refractivity contribution in [1.82, 2.24) is 0 Å². The van der Waals surface area contributed by atoms with Crippen LogP contribution in [0.5, 0.6) is 0 Å². The van der Waals surface area contributed by atoms with Crippen LogP contribution < -0.4 is 0 Å². The summed E-state index contributed by atoms with van der Waals surface area (Å²) in [5.41, 5.74) is 0. The van der Waals surface area contributed by atoms with E-state index in [4.69, 9.17) is 28.6 Å². The Kier molecular flexibility index (Phi) is 11.1. The summed E-state index contributed by atoms with van der Waals surface area (Å²) in [6.07, 6.45) is -12.7. The molecule has 2 aliphatic heterocycles. The van der Waals surface area contributed by atoms with Crippen molar-refractivity contribution in [3.8, 4) is 0 Å². The molecule has 14 heteroatoms. The maximum absolute atomic E-state index is 10.00. The molecule has 26 heavy (non-hydrogen) atoms. The molecule has 11 N–H and O–H groups in total. The number of aliphatic hydroxyl groups excluding tert-OH is 8. The summed E-state index contributed by atoms with van der Waals surface area (Å²) in [7, 11) is 0. The molecule has 0 aromatic carbocycles. The number of hydrogen-bond donors (Lipinski definition) is 9. The van der Waals surface area contributed by atoms with Crippen LogP contribution in [0.1, 0.15) is 0 Å². The van der Waals surface area contributed by atoms with Crippen molar-refractivity contribution in [2.24, 2.45) is 0 Å². The van der Waals surface area contributed by atoms with E-state index in [0.717, 1.165) is 0 Å². The van der Waals surface area contributed by atoms with Crippen molar-refractivity contribution in [2.75, 3.05) is 19.8 Å². The fourth-order valence-electron chi connectivity index (χ4n) is 2.63. The summed E-state index contributed by atoms with van der Waals surface area (Å²) in [6, 6.07) is 0. The molecular formula is C12H25FeO13. The van der Waals surface area contributed by atoms with E-state index >= 15 is 0 Å². The molecule has 0 saturated carbocycles. The van der Waals surface area contributed by atoms with Gasteiger partial charge in [0.2, 0.25) is 5.79 Å². The van der Waals surface area contributed by atoms with Gasteiger partial charge in [-0.15, -0.1) is 0 Å². The van der Waals surface area contributed by atoms with Gasteiger partial charge >= 0.3 is 20.5 Å². The Morgan fingerprint density at radius 2 is 1.35 bits per heavy atom. The van der Waals surface area contributed by atoms with Gasteiger partial charge in [0.25, 0.3) is 0 Å². The molecule has 0 amide bonds. The molecule has 13 nitrogen and oxygen atoms in total. The summed E-state index contributed by atoms with van der Waals surface area (Å²) in [5, 5.41) is 76.7. The quantitative estimate of drug-likeness (QED) is 0.184. The maximum atomic E-state index is 10.00. The summed E-state index contributed by atoms with van der Waals surface area (Å²) < 4.78 is 22.2. The van der Waals surface area contributed by atoms with E-state index in [1.165, 1.54) is 0 Å². The molecule has 159 valence electrons. The fourth-order valence-corrected chi connectivity index (χ4v) is 2.63. The Hall–Kier alpha value is -0.000519. The molecule has 2 saturated heterocycles. The molecule has 2 heterocycles. The van der Waals surface area contributed by atoms with Crippen molar-refractivity contribution < 1.29 is 81.1 Å². The molecule has 9 atom stereocenters. The van der Waals surface area contributed by atoms with E-state index in [1.807, 2.05) is 0 Å². The van der Waals surface area contributed by atoms with E-state index in [2.05, 4.69) is 16.3 Å². The van der Waals surface area contributed by atoms with Crippen LogP contribution >= 0.6 is 0 Å². The molecule has 0 spiro atoms. The van der Waals surface area contributed by atoms with E-state index < -0.39 is 74.6 Å². The van der Waals surface area contributed by atoms with E-state index in [9.17, 15) is 30.6 Å². The Labute approximate surface area is 156 Å². The first-order valence-corrected chi connectivity index (χ1v) is 7.70. The van der Waals surface area contributed by atoms with Crippen molar-refractivity contribution in [2.45, 2.75) is 54.8 Å². The second-order valence-electron chi connectivity index (χ2n) is 5.56. The van der Waals surface area contributed by atoms with Crippen LogP contribution in [0, 0.1) is 0 Å². The molecule has 0 aromatic heterocycles. The number of rotatable bonds is 5. The average molecular weight is 433 g/mol. The molecule has 0 bridgehead atoms. The van der Waals surface area contributed by atoms with Gasteiger partial charge in [-0.2, -0.15) is 0 Å². The number of ether oxygens (including phenoxy) is 3. The van der Waals surface area contributed by atoms with Crippen molar-refractivity contribution in [1.29, 1.82) is 0 Å². The van der Waals surface area contributed by atoms with E-state index in [1.54, 1.807) is 0 Å². The van der Waals surface area contributed by atoms with Crippen LogP contribution in [0.2, 0.25) is 0 Å². The van der Waals surface area contributed by atoms with Gasteiger partial charge in [-0.25, -0.2) is 0 Å². The molecule has 0 radical (unpaired) electrons. The molecule has 2 fully saturated rings. The minimum absolute atomic E-state index is 0. The monoisotopic (exact) mass is 433 g/mol. The van der Waals surface area contributed by atoms with Crippen LogP contribution in [0.3, 0.4) is 0 Å².